The summed E-state index contributed by atoms with van der Waals surface area (Å²) in [5.74, 6) is -2.85. The van der Waals surface area contributed by atoms with Crippen molar-refractivity contribution < 1.29 is 29.0 Å². The average Bonchev–Trinajstić information content (AvgIpc) is 3.42. The van der Waals surface area contributed by atoms with E-state index in [9.17, 15) is 19.5 Å². The summed E-state index contributed by atoms with van der Waals surface area (Å²) >= 11 is 6.61. The second-order valence-electron chi connectivity index (χ2n) is 11.4. The van der Waals surface area contributed by atoms with Crippen LogP contribution in [0.5, 0.6) is 0 Å². The van der Waals surface area contributed by atoms with Gasteiger partial charge in [0.15, 0.2) is 0 Å². The van der Waals surface area contributed by atoms with Crippen LogP contribution in [-0.2, 0) is 23.9 Å². The molecule has 9 heteroatoms. The molecule has 1 aromatic carbocycles. The van der Waals surface area contributed by atoms with Crippen LogP contribution >= 0.6 is 11.6 Å². The number of aliphatic hydroxyl groups excluding tert-OH is 1. The molecule has 0 aromatic heterocycles. The molecule has 0 aliphatic carbocycles. The third-order valence-corrected chi connectivity index (χ3v) is 9.25. The first-order chi connectivity index (χ1) is 19.1. The molecule has 218 valence electrons. The first kappa shape index (κ1) is 30.3. The van der Waals surface area contributed by atoms with Gasteiger partial charge in [-0.3, -0.25) is 14.4 Å². The van der Waals surface area contributed by atoms with Crippen molar-refractivity contribution in [1.82, 2.24) is 4.90 Å². The van der Waals surface area contributed by atoms with Crippen molar-refractivity contribution in [3.63, 3.8) is 0 Å². The zero-order valence-corrected chi connectivity index (χ0v) is 24.5. The predicted molar refractivity (Wildman–Crippen MR) is 154 cm³/mol. The van der Waals surface area contributed by atoms with Crippen LogP contribution < -0.4 is 4.90 Å². The van der Waals surface area contributed by atoms with E-state index in [1.807, 2.05) is 32.9 Å². The molecular formula is C31H41ClN2O6. The number of ether oxygens (including phenoxy) is 2. The van der Waals surface area contributed by atoms with Crippen molar-refractivity contribution in [2.24, 2.45) is 17.8 Å². The van der Waals surface area contributed by atoms with Gasteiger partial charge in [0, 0.05) is 19.7 Å². The Balaban J connectivity index is 1.78. The Morgan fingerprint density at radius 1 is 1.27 bits per heavy atom. The molecule has 40 heavy (non-hydrogen) atoms. The number of para-hydroxylation sites is 1. The summed E-state index contributed by atoms with van der Waals surface area (Å²) in [5, 5.41) is 9.84. The largest absolute Gasteiger partial charge is 0.465 e. The summed E-state index contributed by atoms with van der Waals surface area (Å²) in [4.78, 5) is 45.6. The highest BCUT2D eigenvalue weighted by Gasteiger charge is 2.80. The molecule has 6 atom stereocenters. The highest BCUT2D eigenvalue weighted by Crippen LogP contribution is 2.65. The third-order valence-electron chi connectivity index (χ3n) is 8.94. The monoisotopic (exact) mass is 572 g/mol. The number of unbranched alkanes of at least 4 members (excludes halogenated alkanes) is 2. The Bertz CT molecular complexity index is 1150. The standard InChI is InChI=1S/C31H41ClN2O6/c1-6-8-11-18-39-29(38)24-23-27(36)34(16-9-10-17-35)26(31(23)19-21(4)30(24,5)40-31)28(37)33(15-7-2)25-20(3)13-12-14-22(25)32/h6-7,12-14,21,23-24,26,35H,1-2,8-11,15-19H2,3-5H3/t21?,23-,24-,26?,30+,31?/m0/s1. The van der Waals surface area contributed by atoms with E-state index in [0.717, 1.165) is 5.56 Å². The Morgan fingerprint density at radius 2 is 2.02 bits per heavy atom. The molecule has 1 aromatic rings. The van der Waals surface area contributed by atoms with Crippen molar-refractivity contribution >= 4 is 35.1 Å². The van der Waals surface area contributed by atoms with E-state index in [1.165, 1.54) is 0 Å². The Kier molecular flexibility index (Phi) is 9.12. The highest BCUT2D eigenvalue weighted by atomic mass is 35.5. The third kappa shape index (κ3) is 4.88. The highest BCUT2D eigenvalue weighted by molar-refractivity contribution is 6.34. The molecule has 3 saturated heterocycles. The second kappa shape index (κ2) is 12.0. The summed E-state index contributed by atoms with van der Waals surface area (Å²) < 4.78 is 12.4. The number of allylic oxidation sites excluding steroid dienone is 1. The van der Waals surface area contributed by atoms with Crippen LogP contribution in [-0.4, -0.2) is 71.3 Å². The molecule has 2 bridgehead atoms. The quantitative estimate of drug-likeness (QED) is 0.213. The lowest BCUT2D eigenvalue weighted by Crippen LogP contribution is -2.57. The lowest BCUT2D eigenvalue weighted by Gasteiger charge is -2.37. The lowest BCUT2D eigenvalue weighted by molar-refractivity contribution is -0.161. The van der Waals surface area contributed by atoms with Gasteiger partial charge in [0.1, 0.15) is 17.6 Å². The van der Waals surface area contributed by atoms with Crippen LogP contribution in [0.25, 0.3) is 0 Å². The van der Waals surface area contributed by atoms with Crippen molar-refractivity contribution in [3.8, 4) is 0 Å². The summed E-state index contributed by atoms with van der Waals surface area (Å²) in [6, 6.07) is 4.46. The molecule has 8 nitrogen and oxygen atoms in total. The number of nitrogens with zero attached hydrogens (tertiary/aromatic N) is 2. The maximum absolute atomic E-state index is 14.7. The van der Waals surface area contributed by atoms with Gasteiger partial charge >= 0.3 is 5.97 Å². The van der Waals surface area contributed by atoms with Crippen LogP contribution in [0.2, 0.25) is 5.02 Å². The normalized spacial score (nSPS) is 30.3. The fourth-order valence-corrected chi connectivity index (χ4v) is 7.36. The second-order valence-corrected chi connectivity index (χ2v) is 11.8. The molecule has 4 rings (SSSR count). The van der Waals surface area contributed by atoms with E-state index in [-0.39, 0.29) is 44.0 Å². The zero-order chi connectivity index (χ0) is 29.2. The molecule has 3 aliphatic heterocycles. The predicted octanol–water partition coefficient (Wildman–Crippen LogP) is 4.46. The minimum atomic E-state index is -1.19. The van der Waals surface area contributed by atoms with Crippen molar-refractivity contribution in [2.75, 3.05) is 31.2 Å². The van der Waals surface area contributed by atoms with E-state index >= 15 is 0 Å². The molecule has 0 saturated carbocycles. The van der Waals surface area contributed by atoms with E-state index in [1.54, 1.807) is 28.0 Å². The van der Waals surface area contributed by atoms with Gasteiger partial charge in [0.05, 0.1) is 28.8 Å². The topological polar surface area (TPSA) is 96.4 Å². The van der Waals surface area contributed by atoms with Crippen LogP contribution in [0.4, 0.5) is 5.69 Å². The average molecular weight is 573 g/mol. The molecule has 1 spiro atoms. The van der Waals surface area contributed by atoms with Gasteiger partial charge in [0.25, 0.3) is 5.91 Å². The number of benzene rings is 1. The van der Waals surface area contributed by atoms with Crippen LogP contribution in [0, 0.1) is 24.7 Å². The molecule has 3 aliphatic rings. The van der Waals surface area contributed by atoms with Crippen LogP contribution in [0.1, 0.15) is 51.5 Å². The minimum absolute atomic E-state index is 0.0259. The fourth-order valence-electron chi connectivity index (χ4n) is 7.03. The van der Waals surface area contributed by atoms with E-state index in [4.69, 9.17) is 21.1 Å². The van der Waals surface area contributed by atoms with Gasteiger partial charge in [-0.05, 0) is 63.5 Å². The molecule has 1 N–H and O–H groups in total. The van der Waals surface area contributed by atoms with Gasteiger partial charge < -0.3 is 24.4 Å². The van der Waals surface area contributed by atoms with Crippen LogP contribution in [0.3, 0.4) is 0 Å². The van der Waals surface area contributed by atoms with Gasteiger partial charge in [-0.15, -0.1) is 13.2 Å². The van der Waals surface area contributed by atoms with Gasteiger partial charge in [-0.2, -0.15) is 0 Å². The summed E-state index contributed by atoms with van der Waals surface area (Å²) in [6.45, 7) is 13.9. The number of hydrogen-bond donors (Lipinski definition) is 1. The first-order valence-electron chi connectivity index (χ1n) is 14.2. The molecule has 3 heterocycles. The number of esters is 1. The number of carbonyl (C=O) groups excluding carboxylic acids is 3. The number of hydrogen-bond acceptors (Lipinski definition) is 6. The van der Waals surface area contributed by atoms with E-state index in [0.29, 0.717) is 42.8 Å². The van der Waals surface area contributed by atoms with Gasteiger partial charge in [-0.1, -0.05) is 42.8 Å². The maximum atomic E-state index is 14.7. The van der Waals surface area contributed by atoms with Gasteiger partial charge in [0.2, 0.25) is 5.91 Å². The Hall–Kier alpha value is -2.68. The molecule has 0 radical (unpaired) electrons. The van der Waals surface area contributed by atoms with Crippen molar-refractivity contribution in [1.29, 1.82) is 0 Å². The van der Waals surface area contributed by atoms with E-state index in [2.05, 4.69) is 13.2 Å². The lowest BCUT2D eigenvalue weighted by atomic mass is 9.62. The number of carbonyl (C=O) groups is 3. The van der Waals surface area contributed by atoms with Crippen molar-refractivity contribution in [3.05, 3.63) is 54.1 Å². The molecule has 3 fully saturated rings. The SMILES string of the molecule is C=CCCCOC(=O)[C@@H]1[C@H]2C(=O)N(CCCCO)C(C(=O)N(CC=C)c3c(C)cccc3Cl)C23CC(C)[C@@]1(C)O3. The summed E-state index contributed by atoms with van der Waals surface area (Å²) in [7, 11) is 0. The number of fused-ring (bicyclic) bond motifs is 1. The Morgan fingerprint density at radius 3 is 2.67 bits per heavy atom. The van der Waals surface area contributed by atoms with Crippen molar-refractivity contribution in [2.45, 2.75) is 70.1 Å². The van der Waals surface area contributed by atoms with Crippen LogP contribution in [0.15, 0.2) is 43.5 Å². The molecular weight excluding hydrogens is 532 g/mol. The Labute approximate surface area is 241 Å². The number of amides is 2. The van der Waals surface area contributed by atoms with E-state index < -0.39 is 35.0 Å². The number of aryl methyl sites for hydroxylation is 1. The minimum Gasteiger partial charge on any atom is -0.465 e. The maximum Gasteiger partial charge on any atom is 0.312 e. The van der Waals surface area contributed by atoms with Gasteiger partial charge in [-0.25, -0.2) is 0 Å². The first-order valence-corrected chi connectivity index (χ1v) is 14.5. The number of rotatable bonds is 13. The summed E-state index contributed by atoms with van der Waals surface area (Å²) in [6.07, 6.45) is 6.19. The molecule has 3 unspecified atom stereocenters. The number of likely N-dealkylation sites (tertiary alicyclic amines) is 1. The summed E-state index contributed by atoms with van der Waals surface area (Å²) in [5.41, 5.74) is -0.775. The number of halogens is 1. The smallest absolute Gasteiger partial charge is 0.312 e. The number of anilines is 1. The number of aliphatic hydroxyl groups is 1. The molecule has 2 amide bonds. The zero-order valence-electron chi connectivity index (χ0n) is 23.7. The fraction of sp³-hybridized carbons (Fsp3) is 0.581.